The Morgan fingerprint density at radius 1 is 0.698 bits per heavy atom. The van der Waals surface area contributed by atoms with Crippen LogP contribution in [-0.4, -0.2) is 35.6 Å². The monoisotopic (exact) mass is 868 g/mol. The number of para-hydroxylation sites is 2. The van der Waals surface area contributed by atoms with Crippen LogP contribution in [0.3, 0.4) is 0 Å². The molecule has 0 amide bonds. The van der Waals surface area contributed by atoms with Crippen molar-refractivity contribution in [1.82, 2.24) is 9.46 Å². The van der Waals surface area contributed by atoms with Crippen LogP contribution < -0.4 is 20.1 Å². The summed E-state index contributed by atoms with van der Waals surface area (Å²) >= 11 is 0. The summed E-state index contributed by atoms with van der Waals surface area (Å²) in [6.07, 6.45) is 3.97. The number of rotatable bonds is 3. The number of imidazole rings is 1. The molecule has 53 heavy (non-hydrogen) atoms. The molecule has 0 aliphatic carbocycles. The van der Waals surface area contributed by atoms with Gasteiger partial charge in [0.1, 0.15) is 5.75 Å². The SMILES string of the molecule is CN1B(c2c(-c3ccccc3)cccc2-c2ccccc2)n2ccnc2-c2[c-]cccc21.CN1[CH-]N2c3c(O)cccc3C(C)(C)c3cccc1c32.[Ir]. The van der Waals surface area contributed by atoms with Crippen molar-refractivity contribution in [2.75, 3.05) is 28.7 Å². The van der Waals surface area contributed by atoms with Crippen LogP contribution in [0.1, 0.15) is 25.0 Å². The van der Waals surface area contributed by atoms with Crippen LogP contribution >= 0.6 is 0 Å². The normalized spacial score (nSPS) is 14.3. The van der Waals surface area contributed by atoms with Gasteiger partial charge in [0.25, 0.3) is 0 Å². The smallest absolute Gasteiger partial charge is 0.400 e. The van der Waals surface area contributed by atoms with Crippen molar-refractivity contribution in [3.63, 3.8) is 0 Å². The maximum Gasteiger partial charge on any atom is 0.400 e. The third-order valence-electron chi connectivity index (χ3n) is 10.8. The van der Waals surface area contributed by atoms with Crippen molar-refractivity contribution in [1.29, 1.82) is 0 Å². The van der Waals surface area contributed by atoms with E-state index in [2.05, 4.69) is 161 Å². The standard InChI is InChI=1S/C28H21BN3.C17H17N2O.Ir/c1-31-26-18-9-8-15-25(26)28-30-19-20-32(28)29(31)27-23(21-11-4-2-5-12-21)16-10-17-24(27)22-13-6-3-7-14-22;1-17(2)11-6-4-8-13-15(11)19(10-18(13)3)16-12(17)7-5-9-14(16)20;/h2-14,16-20H,1H3;4-10,20H,1-3H3;/q2*-1;. The van der Waals surface area contributed by atoms with Crippen molar-refractivity contribution in [3.8, 4) is 39.4 Å². The molecule has 7 aromatic rings. The van der Waals surface area contributed by atoms with Crippen molar-refractivity contribution < 1.29 is 25.2 Å². The number of phenols is 1. The van der Waals surface area contributed by atoms with Crippen LogP contribution in [0.5, 0.6) is 5.75 Å². The molecule has 1 aromatic heterocycles. The van der Waals surface area contributed by atoms with Gasteiger partial charge >= 0.3 is 6.98 Å². The number of hydrogen-bond donors (Lipinski definition) is 1. The van der Waals surface area contributed by atoms with E-state index in [4.69, 9.17) is 4.98 Å². The fraction of sp³-hybridized carbons (Fsp3) is 0.111. The van der Waals surface area contributed by atoms with Gasteiger partial charge < -0.3 is 24.2 Å². The van der Waals surface area contributed by atoms with Gasteiger partial charge in [-0.05, 0) is 65.1 Å². The van der Waals surface area contributed by atoms with E-state index in [0.29, 0.717) is 5.75 Å². The number of fused-ring (bicyclic) bond motifs is 5. The average molecular weight is 868 g/mol. The molecule has 0 saturated heterocycles. The van der Waals surface area contributed by atoms with E-state index in [0.717, 1.165) is 28.3 Å². The number of aromatic nitrogens is 2. The molecule has 0 saturated carbocycles. The molecule has 10 rings (SSSR count). The summed E-state index contributed by atoms with van der Waals surface area (Å²) in [5, 5.41) is 10.3. The zero-order valence-corrected chi connectivity index (χ0v) is 32.4. The third-order valence-corrected chi connectivity index (χ3v) is 10.8. The fourth-order valence-electron chi connectivity index (χ4n) is 8.31. The molecular formula is C45H38BIrN5O-2. The van der Waals surface area contributed by atoms with E-state index in [9.17, 15) is 5.11 Å². The molecule has 0 bridgehead atoms. The van der Waals surface area contributed by atoms with E-state index in [-0.39, 0.29) is 32.5 Å². The Hall–Kier alpha value is -5.56. The van der Waals surface area contributed by atoms with E-state index in [1.807, 2.05) is 38.1 Å². The van der Waals surface area contributed by atoms with Crippen LogP contribution in [0.15, 0.2) is 146 Å². The van der Waals surface area contributed by atoms with E-state index < -0.39 is 0 Å². The molecular weight excluding hydrogens is 830 g/mol. The Morgan fingerprint density at radius 3 is 1.98 bits per heavy atom. The van der Waals surface area contributed by atoms with Crippen LogP contribution in [0.25, 0.3) is 33.6 Å². The Morgan fingerprint density at radius 2 is 1.30 bits per heavy atom. The van der Waals surface area contributed by atoms with Gasteiger partial charge in [0.15, 0.2) is 0 Å². The first kappa shape index (κ1) is 34.5. The summed E-state index contributed by atoms with van der Waals surface area (Å²) in [5.74, 6) is 1.29. The van der Waals surface area contributed by atoms with Gasteiger partial charge in [-0.3, -0.25) is 4.98 Å². The van der Waals surface area contributed by atoms with Crippen LogP contribution in [0.4, 0.5) is 22.7 Å². The molecule has 6 nitrogen and oxygen atoms in total. The topological polar surface area (TPSA) is 47.8 Å². The predicted octanol–water partition coefficient (Wildman–Crippen LogP) is 9.11. The number of hydrogen-bond acceptors (Lipinski definition) is 5. The summed E-state index contributed by atoms with van der Waals surface area (Å²) in [5.41, 5.74) is 13.9. The Balaban J connectivity index is 0.000000164. The van der Waals surface area contributed by atoms with Crippen LogP contribution in [0, 0.1) is 12.7 Å². The second-order valence-corrected chi connectivity index (χ2v) is 14.1. The van der Waals surface area contributed by atoms with E-state index in [1.165, 1.54) is 44.7 Å². The Bertz CT molecular complexity index is 2390. The van der Waals surface area contributed by atoms with E-state index >= 15 is 0 Å². The van der Waals surface area contributed by atoms with Gasteiger partial charge in [-0.15, -0.1) is 30.9 Å². The molecule has 263 valence electrons. The van der Waals surface area contributed by atoms with Crippen molar-refractivity contribution in [2.24, 2.45) is 0 Å². The number of phenolic OH excluding ortho intramolecular Hbond substituents is 1. The summed E-state index contributed by atoms with van der Waals surface area (Å²) in [6, 6.07) is 49.7. The third kappa shape index (κ3) is 5.48. The predicted molar refractivity (Wildman–Crippen MR) is 215 cm³/mol. The number of anilines is 4. The number of benzene rings is 6. The van der Waals surface area contributed by atoms with Gasteiger partial charge in [0, 0.05) is 55.1 Å². The van der Waals surface area contributed by atoms with Crippen molar-refractivity contribution in [2.45, 2.75) is 19.3 Å². The van der Waals surface area contributed by atoms with Crippen LogP contribution in [0.2, 0.25) is 0 Å². The molecule has 8 heteroatoms. The minimum atomic E-state index is -0.116. The van der Waals surface area contributed by atoms with Gasteiger partial charge in [0.2, 0.25) is 0 Å². The van der Waals surface area contributed by atoms with Gasteiger partial charge in [-0.1, -0.05) is 128 Å². The molecule has 0 spiro atoms. The van der Waals surface area contributed by atoms with Crippen LogP contribution in [-0.2, 0) is 25.5 Å². The van der Waals surface area contributed by atoms with Gasteiger partial charge in [-0.25, -0.2) is 0 Å². The number of nitrogens with zero attached hydrogens (tertiary/aromatic N) is 5. The second kappa shape index (κ2) is 13.5. The zero-order valence-electron chi connectivity index (χ0n) is 30.0. The molecule has 0 unspecified atom stereocenters. The van der Waals surface area contributed by atoms with Crippen molar-refractivity contribution in [3.05, 3.63) is 170 Å². The van der Waals surface area contributed by atoms with Gasteiger partial charge in [-0.2, -0.15) is 0 Å². The summed E-state index contributed by atoms with van der Waals surface area (Å²) in [4.78, 5) is 11.3. The fourth-order valence-corrected chi connectivity index (χ4v) is 8.31. The molecule has 4 heterocycles. The summed E-state index contributed by atoms with van der Waals surface area (Å²) in [6.45, 7) is 6.44. The van der Waals surface area contributed by atoms with Crippen molar-refractivity contribution >= 4 is 35.2 Å². The minimum Gasteiger partial charge on any atom is -0.506 e. The largest absolute Gasteiger partial charge is 0.506 e. The summed E-state index contributed by atoms with van der Waals surface area (Å²) < 4.78 is 2.27. The molecule has 0 fully saturated rings. The Labute approximate surface area is 325 Å². The Kier molecular flexibility index (Phi) is 8.76. The molecule has 6 aromatic carbocycles. The first-order valence-electron chi connectivity index (χ1n) is 17.7. The zero-order chi connectivity index (χ0) is 35.6. The van der Waals surface area contributed by atoms with E-state index in [1.54, 1.807) is 6.07 Å². The molecule has 3 aliphatic heterocycles. The molecule has 1 radical (unpaired) electrons. The maximum absolute atomic E-state index is 10.3. The second-order valence-electron chi connectivity index (χ2n) is 14.1. The quantitative estimate of drug-likeness (QED) is 0.142. The molecule has 3 aliphatic rings. The molecule has 1 N–H and O–H groups in total. The maximum atomic E-state index is 10.3. The first-order valence-corrected chi connectivity index (χ1v) is 17.7. The average Bonchev–Trinajstić information content (AvgIpc) is 3.80. The minimum absolute atomic E-state index is 0. The summed E-state index contributed by atoms with van der Waals surface area (Å²) in [7, 11) is 4.21. The first-order chi connectivity index (χ1) is 25.3. The molecule has 0 atom stereocenters. The number of aromatic hydroxyl groups is 1. The van der Waals surface area contributed by atoms with Gasteiger partial charge in [0.05, 0.1) is 5.69 Å².